The summed E-state index contributed by atoms with van der Waals surface area (Å²) >= 11 is 0. The Labute approximate surface area is 113 Å². The summed E-state index contributed by atoms with van der Waals surface area (Å²) in [4.78, 5) is 22.9. The number of benzene rings is 1. The monoisotopic (exact) mass is 261 g/mol. The first-order valence-electron chi connectivity index (χ1n) is 6.34. The van der Waals surface area contributed by atoms with Gasteiger partial charge < -0.3 is 0 Å². The molecule has 1 aromatic carbocycles. The molecule has 0 aromatic heterocycles. The number of rotatable bonds is 5. The third-order valence-corrected chi connectivity index (χ3v) is 2.68. The SMILES string of the molecule is CC(C)/C=C(\C(=O)C(C)C)c1ccccc1[N+](=O)[O-]. The van der Waals surface area contributed by atoms with Crippen molar-refractivity contribution in [3.05, 3.63) is 46.0 Å². The summed E-state index contributed by atoms with van der Waals surface area (Å²) in [5, 5.41) is 11.1. The average Bonchev–Trinajstić information content (AvgIpc) is 2.34. The maximum atomic E-state index is 12.3. The average molecular weight is 261 g/mol. The molecule has 0 heterocycles. The van der Waals surface area contributed by atoms with Crippen molar-refractivity contribution in [1.29, 1.82) is 0 Å². The molecule has 19 heavy (non-hydrogen) atoms. The summed E-state index contributed by atoms with van der Waals surface area (Å²) in [7, 11) is 0. The second-order valence-electron chi connectivity index (χ2n) is 5.12. The summed E-state index contributed by atoms with van der Waals surface area (Å²) in [6.07, 6.45) is 1.80. The minimum Gasteiger partial charge on any atom is -0.294 e. The molecule has 0 radical (unpaired) electrons. The van der Waals surface area contributed by atoms with E-state index in [9.17, 15) is 14.9 Å². The van der Waals surface area contributed by atoms with E-state index in [2.05, 4.69) is 0 Å². The van der Waals surface area contributed by atoms with Gasteiger partial charge in [0.1, 0.15) is 0 Å². The quantitative estimate of drug-likeness (QED) is 0.459. The van der Waals surface area contributed by atoms with E-state index < -0.39 is 4.92 Å². The third-order valence-electron chi connectivity index (χ3n) is 2.68. The molecule has 0 saturated heterocycles. The fourth-order valence-corrected chi connectivity index (χ4v) is 1.81. The first-order valence-corrected chi connectivity index (χ1v) is 6.34. The first kappa shape index (κ1) is 15.1. The second kappa shape index (κ2) is 6.27. The Bertz CT molecular complexity index is 516. The van der Waals surface area contributed by atoms with Crippen molar-refractivity contribution in [2.24, 2.45) is 11.8 Å². The lowest BCUT2D eigenvalue weighted by Gasteiger charge is -2.11. The molecule has 0 amide bonds. The molecular formula is C15H19NO3. The van der Waals surface area contributed by atoms with Crippen molar-refractivity contribution in [3.63, 3.8) is 0 Å². The molecule has 102 valence electrons. The van der Waals surface area contributed by atoms with Crippen LogP contribution in [0.1, 0.15) is 33.3 Å². The van der Waals surface area contributed by atoms with E-state index in [1.165, 1.54) is 6.07 Å². The maximum absolute atomic E-state index is 12.3. The molecule has 0 atom stereocenters. The lowest BCUT2D eigenvalue weighted by Crippen LogP contribution is -2.11. The number of hydrogen-bond acceptors (Lipinski definition) is 3. The van der Waals surface area contributed by atoms with Crippen molar-refractivity contribution in [3.8, 4) is 0 Å². The molecular weight excluding hydrogens is 242 g/mol. The van der Waals surface area contributed by atoms with E-state index in [4.69, 9.17) is 0 Å². The van der Waals surface area contributed by atoms with E-state index in [0.29, 0.717) is 11.1 Å². The molecule has 0 saturated carbocycles. The zero-order valence-electron chi connectivity index (χ0n) is 11.7. The predicted octanol–water partition coefficient (Wildman–Crippen LogP) is 3.86. The largest absolute Gasteiger partial charge is 0.294 e. The third kappa shape index (κ3) is 3.74. The number of allylic oxidation sites excluding steroid dienone is 2. The molecule has 0 unspecified atom stereocenters. The van der Waals surface area contributed by atoms with Gasteiger partial charge in [-0.05, 0) is 12.0 Å². The zero-order chi connectivity index (χ0) is 14.6. The maximum Gasteiger partial charge on any atom is 0.277 e. The van der Waals surface area contributed by atoms with Gasteiger partial charge in [-0.25, -0.2) is 0 Å². The van der Waals surface area contributed by atoms with Crippen LogP contribution in [0.15, 0.2) is 30.3 Å². The van der Waals surface area contributed by atoms with E-state index in [0.717, 1.165) is 0 Å². The highest BCUT2D eigenvalue weighted by atomic mass is 16.6. The standard InChI is InChI=1S/C15H19NO3/c1-10(2)9-13(15(17)11(3)4)12-7-5-6-8-14(12)16(18)19/h5-11H,1-4H3/b13-9-. The summed E-state index contributed by atoms with van der Waals surface area (Å²) in [5.74, 6) is -0.106. The van der Waals surface area contributed by atoms with Crippen LogP contribution in [0.25, 0.3) is 5.57 Å². The highest BCUT2D eigenvalue weighted by Gasteiger charge is 2.23. The Hall–Kier alpha value is -1.97. The molecule has 0 bridgehead atoms. The molecule has 0 fully saturated rings. The summed E-state index contributed by atoms with van der Waals surface area (Å²) < 4.78 is 0. The van der Waals surface area contributed by atoms with Gasteiger partial charge in [0, 0.05) is 17.6 Å². The number of carbonyl (C=O) groups excluding carboxylic acids is 1. The number of carbonyl (C=O) groups is 1. The minimum atomic E-state index is -0.447. The van der Waals surface area contributed by atoms with E-state index >= 15 is 0 Å². The number of nitro groups is 1. The first-order chi connectivity index (χ1) is 8.84. The number of para-hydroxylation sites is 1. The highest BCUT2D eigenvalue weighted by Crippen LogP contribution is 2.29. The van der Waals surface area contributed by atoms with Gasteiger partial charge in [0.2, 0.25) is 0 Å². The summed E-state index contributed by atoms with van der Waals surface area (Å²) in [5.41, 5.74) is 0.820. The van der Waals surface area contributed by atoms with Crippen LogP contribution < -0.4 is 0 Å². The topological polar surface area (TPSA) is 60.2 Å². The Morgan fingerprint density at radius 3 is 2.26 bits per heavy atom. The van der Waals surface area contributed by atoms with Crippen LogP contribution in [-0.2, 0) is 4.79 Å². The van der Waals surface area contributed by atoms with Crippen LogP contribution in [-0.4, -0.2) is 10.7 Å². The number of Topliss-reactive ketones (excluding diaryl/α,β-unsaturated/α-hetero) is 1. The van der Waals surface area contributed by atoms with E-state index in [-0.39, 0.29) is 23.3 Å². The molecule has 0 spiro atoms. The smallest absolute Gasteiger partial charge is 0.277 e. The Morgan fingerprint density at radius 2 is 1.79 bits per heavy atom. The van der Waals surface area contributed by atoms with Crippen molar-refractivity contribution >= 4 is 17.0 Å². The van der Waals surface area contributed by atoms with Gasteiger partial charge in [-0.3, -0.25) is 14.9 Å². The van der Waals surface area contributed by atoms with Crippen LogP contribution >= 0.6 is 0 Å². The van der Waals surface area contributed by atoms with Gasteiger partial charge in [-0.2, -0.15) is 0 Å². The van der Waals surface area contributed by atoms with Crippen LogP contribution in [0.3, 0.4) is 0 Å². The fraction of sp³-hybridized carbons (Fsp3) is 0.400. The highest BCUT2D eigenvalue weighted by molar-refractivity contribution is 6.22. The molecule has 1 rings (SSSR count). The van der Waals surface area contributed by atoms with Crippen molar-refractivity contribution in [2.75, 3.05) is 0 Å². The normalized spacial score (nSPS) is 12.0. The Balaban J connectivity index is 3.42. The second-order valence-corrected chi connectivity index (χ2v) is 5.12. The number of ketones is 1. The van der Waals surface area contributed by atoms with Crippen LogP contribution in [0.5, 0.6) is 0 Å². The van der Waals surface area contributed by atoms with Crippen LogP contribution in [0, 0.1) is 22.0 Å². The molecule has 1 aromatic rings. The summed E-state index contributed by atoms with van der Waals surface area (Å²) in [6, 6.07) is 6.38. The van der Waals surface area contributed by atoms with E-state index in [1.54, 1.807) is 38.1 Å². The van der Waals surface area contributed by atoms with Gasteiger partial charge >= 0.3 is 0 Å². The van der Waals surface area contributed by atoms with Crippen LogP contribution in [0.4, 0.5) is 5.69 Å². The molecule has 0 N–H and O–H groups in total. The predicted molar refractivity (Wildman–Crippen MR) is 75.8 cm³/mol. The number of nitro benzene ring substituents is 1. The Morgan fingerprint density at radius 1 is 1.21 bits per heavy atom. The molecule has 0 aliphatic rings. The molecule has 0 aliphatic heterocycles. The zero-order valence-corrected chi connectivity index (χ0v) is 11.7. The molecule has 4 heteroatoms. The van der Waals surface area contributed by atoms with Gasteiger partial charge in [0.25, 0.3) is 5.69 Å². The van der Waals surface area contributed by atoms with Gasteiger partial charge in [-0.1, -0.05) is 45.9 Å². The van der Waals surface area contributed by atoms with Gasteiger partial charge in [-0.15, -0.1) is 0 Å². The van der Waals surface area contributed by atoms with Gasteiger partial charge in [0.15, 0.2) is 5.78 Å². The lowest BCUT2D eigenvalue weighted by atomic mass is 9.91. The van der Waals surface area contributed by atoms with E-state index in [1.807, 2.05) is 13.8 Å². The lowest BCUT2D eigenvalue weighted by molar-refractivity contribution is -0.385. The Kier molecular flexibility index (Phi) is 4.98. The van der Waals surface area contributed by atoms with Gasteiger partial charge in [0.05, 0.1) is 10.5 Å². The minimum absolute atomic E-state index is 0.0246. The molecule has 4 nitrogen and oxygen atoms in total. The fourth-order valence-electron chi connectivity index (χ4n) is 1.81. The number of nitrogens with zero attached hydrogens (tertiary/aromatic N) is 1. The van der Waals surface area contributed by atoms with Crippen molar-refractivity contribution in [1.82, 2.24) is 0 Å². The summed E-state index contributed by atoms with van der Waals surface area (Å²) in [6.45, 7) is 7.49. The molecule has 0 aliphatic carbocycles. The van der Waals surface area contributed by atoms with Crippen molar-refractivity contribution < 1.29 is 9.72 Å². The number of hydrogen-bond donors (Lipinski definition) is 0. The van der Waals surface area contributed by atoms with Crippen LogP contribution in [0.2, 0.25) is 0 Å². The van der Waals surface area contributed by atoms with Crippen molar-refractivity contribution in [2.45, 2.75) is 27.7 Å².